The molecule has 0 aliphatic carbocycles. The lowest BCUT2D eigenvalue weighted by Gasteiger charge is -2.28. The number of para-hydroxylation sites is 1. The van der Waals surface area contributed by atoms with Crippen LogP contribution >= 0.6 is 0 Å². The van der Waals surface area contributed by atoms with Crippen molar-refractivity contribution in [2.45, 2.75) is 0 Å². The Bertz CT molecular complexity index is 2850. The Morgan fingerprint density at radius 1 is 0.431 bits per heavy atom. The third-order valence-corrected chi connectivity index (χ3v) is 9.69. The molecule has 8 aromatic carbocycles. The van der Waals surface area contributed by atoms with Gasteiger partial charge in [-0.1, -0.05) is 115 Å². The van der Waals surface area contributed by atoms with Crippen LogP contribution < -0.4 is 4.90 Å². The summed E-state index contributed by atoms with van der Waals surface area (Å²) in [5.41, 5.74) is 11.9. The highest BCUT2D eigenvalue weighted by Crippen LogP contribution is 2.43. The fourth-order valence-electron chi connectivity index (χ4n) is 7.21. The number of hydrogen-bond acceptors (Lipinski definition) is 4. The normalized spacial score (nSPS) is 11.5. The lowest BCUT2D eigenvalue weighted by atomic mass is 10.00. The highest BCUT2D eigenvalue weighted by molar-refractivity contribution is 6.16. The number of anilines is 3. The maximum absolute atomic E-state index is 6.41. The molecule has 2 heterocycles. The highest BCUT2D eigenvalue weighted by atomic mass is 16.4. The molecule has 2 aromatic heterocycles. The zero-order chi connectivity index (χ0) is 33.7. The molecule has 0 fully saturated rings. The molecule has 0 atom stereocenters. The molecule has 0 bridgehead atoms. The molecule has 10 rings (SSSR count). The van der Waals surface area contributed by atoms with Crippen molar-refractivity contribution in [1.82, 2.24) is 4.98 Å². The number of benzene rings is 8. The Labute approximate surface area is 294 Å². The first-order valence-electron chi connectivity index (χ1n) is 17.1. The third-order valence-electron chi connectivity index (χ3n) is 9.69. The maximum atomic E-state index is 6.41. The SMILES string of the molecule is c1ccc(-c2nc3ccc4oc5cc(-c6ccc(N(c7ccc8ccccc8c7)c7ccccc7-c7ccccc7)cc6)ccc5c4c3o2)cc1. The van der Waals surface area contributed by atoms with Gasteiger partial charge in [0.15, 0.2) is 5.58 Å². The van der Waals surface area contributed by atoms with E-state index in [1.165, 1.54) is 21.9 Å². The summed E-state index contributed by atoms with van der Waals surface area (Å²) in [6.07, 6.45) is 0. The van der Waals surface area contributed by atoms with Crippen LogP contribution in [0.15, 0.2) is 191 Å². The van der Waals surface area contributed by atoms with Crippen molar-refractivity contribution in [1.29, 1.82) is 0 Å². The van der Waals surface area contributed by atoms with Crippen molar-refractivity contribution < 1.29 is 8.83 Å². The van der Waals surface area contributed by atoms with Crippen LogP contribution in [0.1, 0.15) is 0 Å². The van der Waals surface area contributed by atoms with E-state index in [0.29, 0.717) is 5.89 Å². The van der Waals surface area contributed by atoms with E-state index >= 15 is 0 Å². The first-order chi connectivity index (χ1) is 25.3. The lowest BCUT2D eigenvalue weighted by Crippen LogP contribution is -2.11. The molecule has 0 N–H and O–H groups in total. The molecule has 4 nitrogen and oxygen atoms in total. The Morgan fingerprint density at radius 2 is 1.12 bits per heavy atom. The van der Waals surface area contributed by atoms with Gasteiger partial charge in [0, 0.05) is 27.9 Å². The number of rotatable bonds is 6. The predicted molar refractivity (Wildman–Crippen MR) is 210 cm³/mol. The zero-order valence-electron chi connectivity index (χ0n) is 27.5. The van der Waals surface area contributed by atoms with E-state index in [0.717, 1.165) is 66.8 Å². The molecule has 0 aliphatic rings. The number of nitrogens with zero attached hydrogens (tertiary/aromatic N) is 2. The van der Waals surface area contributed by atoms with Crippen LogP contribution in [0.2, 0.25) is 0 Å². The van der Waals surface area contributed by atoms with E-state index in [1.54, 1.807) is 0 Å². The second kappa shape index (κ2) is 11.9. The van der Waals surface area contributed by atoms with Gasteiger partial charge >= 0.3 is 0 Å². The van der Waals surface area contributed by atoms with E-state index in [2.05, 4.69) is 144 Å². The summed E-state index contributed by atoms with van der Waals surface area (Å²) in [7, 11) is 0. The maximum Gasteiger partial charge on any atom is 0.227 e. The summed E-state index contributed by atoms with van der Waals surface area (Å²) in [5, 5.41) is 4.37. The minimum absolute atomic E-state index is 0.605. The van der Waals surface area contributed by atoms with Gasteiger partial charge in [-0.15, -0.1) is 0 Å². The van der Waals surface area contributed by atoms with Crippen LogP contribution in [0, 0.1) is 0 Å². The van der Waals surface area contributed by atoms with E-state index in [1.807, 2.05) is 42.5 Å². The standard InChI is InChI=1S/C47H30N2O2/c1-3-12-33(13-4-1)39-17-9-10-18-42(39)49(38-25-21-31-11-7-8-16-35(31)29-38)37-23-19-32(20-24-37)36-22-26-40-44(30-36)50-43-28-27-41-46(45(40)43)51-47(48-41)34-14-5-2-6-15-34/h1-30H. The largest absolute Gasteiger partial charge is 0.456 e. The second-order valence-electron chi connectivity index (χ2n) is 12.8. The quantitative estimate of drug-likeness (QED) is 0.179. The highest BCUT2D eigenvalue weighted by Gasteiger charge is 2.19. The summed E-state index contributed by atoms with van der Waals surface area (Å²) in [4.78, 5) is 7.13. The molecular formula is C47H30N2O2. The van der Waals surface area contributed by atoms with Gasteiger partial charge in [-0.05, 0) is 94.2 Å². The number of fused-ring (bicyclic) bond motifs is 6. The van der Waals surface area contributed by atoms with Gasteiger partial charge in [-0.25, -0.2) is 4.98 Å². The summed E-state index contributed by atoms with van der Waals surface area (Å²) in [6, 6.07) is 63.6. The van der Waals surface area contributed by atoms with Crippen molar-refractivity contribution >= 4 is 60.9 Å². The van der Waals surface area contributed by atoms with Gasteiger partial charge in [0.2, 0.25) is 5.89 Å². The fraction of sp³-hybridized carbons (Fsp3) is 0. The second-order valence-corrected chi connectivity index (χ2v) is 12.8. The summed E-state index contributed by atoms with van der Waals surface area (Å²) in [5.74, 6) is 0.605. The summed E-state index contributed by atoms with van der Waals surface area (Å²) in [6.45, 7) is 0. The molecule has 0 saturated carbocycles. The van der Waals surface area contributed by atoms with Crippen molar-refractivity contribution in [3.63, 3.8) is 0 Å². The van der Waals surface area contributed by atoms with Crippen LogP contribution in [0.5, 0.6) is 0 Å². The van der Waals surface area contributed by atoms with Crippen LogP contribution in [0.25, 0.3) is 77.5 Å². The molecule has 10 aromatic rings. The van der Waals surface area contributed by atoms with E-state index < -0.39 is 0 Å². The Kier molecular flexibility index (Phi) is 6.78. The topological polar surface area (TPSA) is 42.4 Å². The molecule has 0 radical (unpaired) electrons. The summed E-state index contributed by atoms with van der Waals surface area (Å²) < 4.78 is 12.8. The van der Waals surface area contributed by atoms with Gasteiger partial charge in [0.1, 0.15) is 16.7 Å². The average Bonchev–Trinajstić information content (AvgIpc) is 3.81. The number of aromatic nitrogens is 1. The first-order valence-corrected chi connectivity index (χ1v) is 17.1. The zero-order valence-corrected chi connectivity index (χ0v) is 27.5. The van der Waals surface area contributed by atoms with Crippen LogP contribution in [0.4, 0.5) is 17.1 Å². The molecule has 0 aliphatic heterocycles. The van der Waals surface area contributed by atoms with Crippen LogP contribution in [-0.2, 0) is 0 Å². The van der Waals surface area contributed by atoms with E-state index in [-0.39, 0.29) is 0 Å². The van der Waals surface area contributed by atoms with E-state index in [9.17, 15) is 0 Å². The lowest BCUT2D eigenvalue weighted by molar-refractivity contribution is 0.622. The number of hydrogen-bond donors (Lipinski definition) is 0. The number of oxazole rings is 1. The van der Waals surface area contributed by atoms with Gasteiger partial charge in [0.05, 0.1) is 11.1 Å². The van der Waals surface area contributed by atoms with Crippen LogP contribution in [-0.4, -0.2) is 4.98 Å². The molecule has 0 unspecified atom stereocenters. The van der Waals surface area contributed by atoms with Crippen molar-refractivity contribution in [3.8, 4) is 33.7 Å². The first kappa shape index (κ1) is 29.0. The molecule has 0 saturated heterocycles. The Morgan fingerprint density at radius 3 is 1.94 bits per heavy atom. The molecular weight excluding hydrogens is 625 g/mol. The third kappa shape index (κ3) is 5.04. The summed E-state index contributed by atoms with van der Waals surface area (Å²) >= 11 is 0. The smallest absolute Gasteiger partial charge is 0.227 e. The molecule has 4 heteroatoms. The van der Waals surface area contributed by atoms with E-state index in [4.69, 9.17) is 13.8 Å². The average molecular weight is 655 g/mol. The van der Waals surface area contributed by atoms with Gasteiger partial charge in [0.25, 0.3) is 0 Å². The molecule has 0 amide bonds. The molecule has 0 spiro atoms. The van der Waals surface area contributed by atoms with Crippen LogP contribution in [0.3, 0.4) is 0 Å². The van der Waals surface area contributed by atoms with Crippen molar-refractivity contribution in [2.24, 2.45) is 0 Å². The minimum atomic E-state index is 0.605. The minimum Gasteiger partial charge on any atom is -0.456 e. The van der Waals surface area contributed by atoms with Gasteiger partial charge in [-0.3, -0.25) is 0 Å². The Hall–Kier alpha value is -6.91. The van der Waals surface area contributed by atoms with Crippen molar-refractivity contribution in [3.05, 3.63) is 182 Å². The molecule has 51 heavy (non-hydrogen) atoms. The van der Waals surface area contributed by atoms with Crippen molar-refractivity contribution in [2.75, 3.05) is 4.90 Å². The number of furan rings is 1. The van der Waals surface area contributed by atoms with Gasteiger partial charge < -0.3 is 13.7 Å². The molecule has 240 valence electrons. The monoisotopic (exact) mass is 654 g/mol. The van der Waals surface area contributed by atoms with Gasteiger partial charge in [-0.2, -0.15) is 0 Å². The predicted octanol–water partition coefficient (Wildman–Crippen LogP) is 13.4. The Balaban J connectivity index is 1.06. The fourth-order valence-corrected chi connectivity index (χ4v) is 7.21.